The van der Waals surface area contributed by atoms with Crippen LogP contribution < -0.4 is 19.1 Å². The molecule has 1 aliphatic heterocycles. The summed E-state index contributed by atoms with van der Waals surface area (Å²) in [5, 5.41) is 3.36. The van der Waals surface area contributed by atoms with E-state index in [0.717, 1.165) is 11.1 Å². The number of hydrogen-bond acceptors (Lipinski definition) is 5. The minimum absolute atomic E-state index is 0.145. The Kier molecular flexibility index (Phi) is 7.00. The molecule has 0 aromatic heterocycles. The number of ether oxygens (including phenoxy) is 2. The van der Waals surface area contributed by atoms with Gasteiger partial charge in [-0.05, 0) is 55.8 Å². The topological polar surface area (TPSA) is 84.9 Å². The molecule has 1 unspecified atom stereocenters. The number of halogens is 1. The molecule has 1 atom stereocenters. The van der Waals surface area contributed by atoms with Gasteiger partial charge in [-0.3, -0.25) is 9.10 Å². The minimum Gasteiger partial charge on any atom is -0.492 e. The highest BCUT2D eigenvalue weighted by Gasteiger charge is 2.37. The van der Waals surface area contributed by atoms with E-state index in [4.69, 9.17) is 21.1 Å². The summed E-state index contributed by atoms with van der Waals surface area (Å²) < 4.78 is 39.5. The largest absolute Gasteiger partial charge is 0.492 e. The molecule has 3 aromatic rings. The quantitative estimate of drug-likeness (QED) is 0.493. The van der Waals surface area contributed by atoms with Crippen LogP contribution in [0.1, 0.15) is 11.1 Å². The van der Waals surface area contributed by atoms with E-state index in [0.29, 0.717) is 22.2 Å². The molecule has 0 saturated heterocycles. The number of aryl methyl sites for hydroxylation is 2. The number of anilines is 1. The van der Waals surface area contributed by atoms with E-state index in [9.17, 15) is 13.2 Å². The lowest BCUT2D eigenvalue weighted by Crippen LogP contribution is -2.51. The van der Waals surface area contributed by atoms with Crippen LogP contribution in [0.5, 0.6) is 11.5 Å². The maximum absolute atomic E-state index is 13.4. The molecular formula is C25H25ClN2O5S. The zero-order valence-corrected chi connectivity index (χ0v) is 20.4. The molecule has 178 valence electrons. The highest BCUT2D eigenvalue weighted by atomic mass is 35.5. The van der Waals surface area contributed by atoms with Gasteiger partial charge in [-0.2, -0.15) is 0 Å². The average Bonchev–Trinajstić information content (AvgIpc) is 2.83. The van der Waals surface area contributed by atoms with Crippen molar-refractivity contribution in [2.24, 2.45) is 0 Å². The standard InChI is InChI=1S/C25H25ClN2O5S/c1-17-7-11-20(12-8-17)34(30,31)28-16-24(33-23-6-4-3-5-22(23)28)25(29)27-13-14-32-19-10-9-18(2)21(26)15-19/h3-12,15,24H,13-14,16H2,1-2H3,(H,27,29). The number of nitrogens with one attached hydrogen (secondary N) is 1. The maximum atomic E-state index is 13.4. The van der Waals surface area contributed by atoms with Crippen LogP contribution in [0.2, 0.25) is 5.02 Å². The second-order valence-electron chi connectivity index (χ2n) is 7.97. The number of para-hydroxylation sites is 2. The van der Waals surface area contributed by atoms with Gasteiger partial charge in [0.1, 0.15) is 18.1 Å². The zero-order chi connectivity index (χ0) is 24.3. The molecule has 7 nitrogen and oxygen atoms in total. The number of benzene rings is 3. The molecule has 1 aliphatic rings. The van der Waals surface area contributed by atoms with Crippen molar-refractivity contribution in [1.82, 2.24) is 5.32 Å². The summed E-state index contributed by atoms with van der Waals surface area (Å²) in [6.45, 7) is 4.08. The van der Waals surface area contributed by atoms with Crippen molar-refractivity contribution >= 4 is 33.2 Å². The van der Waals surface area contributed by atoms with Gasteiger partial charge in [0, 0.05) is 5.02 Å². The van der Waals surface area contributed by atoms with Crippen LogP contribution in [0.4, 0.5) is 5.69 Å². The zero-order valence-electron chi connectivity index (χ0n) is 18.8. The Bertz CT molecular complexity index is 1290. The van der Waals surface area contributed by atoms with E-state index >= 15 is 0 Å². The van der Waals surface area contributed by atoms with Crippen LogP contribution in [-0.2, 0) is 14.8 Å². The number of sulfonamides is 1. The highest BCUT2D eigenvalue weighted by molar-refractivity contribution is 7.92. The smallest absolute Gasteiger partial charge is 0.264 e. The van der Waals surface area contributed by atoms with Gasteiger partial charge in [0.05, 0.1) is 23.7 Å². The number of rotatable bonds is 7. The van der Waals surface area contributed by atoms with Crippen molar-refractivity contribution in [3.8, 4) is 11.5 Å². The van der Waals surface area contributed by atoms with Crippen molar-refractivity contribution in [3.63, 3.8) is 0 Å². The van der Waals surface area contributed by atoms with Gasteiger partial charge in [-0.25, -0.2) is 8.42 Å². The number of fused-ring (bicyclic) bond motifs is 1. The summed E-state index contributed by atoms with van der Waals surface area (Å²) in [6, 6.07) is 18.8. The predicted octanol–water partition coefficient (Wildman–Crippen LogP) is 4.11. The van der Waals surface area contributed by atoms with Crippen molar-refractivity contribution in [2.45, 2.75) is 24.8 Å². The molecule has 1 N–H and O–H groups in total. The Morgan fingerprint density at radius 3 is 2.59 bits per heavy atom. The predicted molar refractivity (Wildman–Crippen MR) is 131 cm³/mol. The van der Waals surface area contributed by atoms with Crippen LogP contribution in [0.15, 0.2) is 71.6 Å². The maximum Gasteiger partial charge on any atom is 0.264 e. The number of amides is 1. The summed E-state index contributed by atoms with van der Waals surface area (Å²) in [6.07, 6.45) is -1.01. The molecular weight excluding hydrogens is 476 g/mol. The van der Waals surface area contributed by atoms with Gasteiger partial charge in [0.2, 0.25) is 0 Å². The van der Waals surface area contributed by atoms with E-state index in [2.05, 4.69) is 5.32 Å². The number of nitrogens with zero attached hydrogens (tertiary/aromatic N) is 1. The molecule has 1 heterocycles. The third-order valence-corrected chi connectivity index (χ3v) is 7.65. The van der Waals surface area contributed by atoms with Gasteiger partial charge >= 0.3 is 0 Å². The molecule has 0 fully saturated rings. The molecule has 34 heavy (non-hydrogen) atoms. The fourth-order valence-electron chi connectivity index (χ4n) is 3.52. The third-order valence-electron chi connectivity index (χ3n) is 5.45. The molecule has 0 saturated carbocycles. The van der Waals surface area contributed by atoms with Crippen molar-refractivity contribution in [1.29, 1.82) is 0 Å². The average molecular weight is 501 g/mol. The highest BCUT2D eigenvalue weighted by Crippen LogP contribution is 2.36. The normalized spacial score (nSPS) is 15.3. The van der Waals surface area contributed by atoms with Crippen LogP contribution >= 0.6 is 11.6 Å². The van der Waals surface area contributed by atoms with E-state index in [1.807, 2.05) is 19.9 Å². The minimum atomic E-state index is -3.89. The Labute approximate surface area is 204 Å². The second kappa shape index (κ2) is 9.95. The van der Waals surface area contributed by atoms with E-state index < -0.39 is 22.0 Å². The van der Waals surface area contributed by atoms with Crippen molar-refractivity contribution in [3.05, 3.63) is 82.9 Å². The van der Waals surface area contributed by atoms with Crippen LogP contribution in [0.25, 0.3) is 0 Å². The van der Waals surface area contributed by atoms with Crippen LogP contribution in [0, 0.1) is 13.8 Å². The summed E-state index contributed by atoms with van der Waals surface area (Å²) in [4.78, 5) is 13.0. The lowest BCUT2D eigenvalue weighted by molar-refractivity contribution is -0.127. The molecule has 0 aliphatic carbocycles. The molecule has 0 spiro atoms. The Hall–Kier alpha value is -3.23. The summed E-state index contributed by atoms with van der Waals surface area (Å²) >= 11 is 6.10. The van der Waals surface area contributed by atoms with Crippen LogP contribution in [0.3, 0.4) is 0 Å². The summed E-state index contributed by atoms with van der Waals surface area (Å²) in [5.41, 5.74) is 2.29. The first kappa shape index (κ1) is 23.9. The van der Waals surface area contributed by atoms with Gasteiger partial charge in [0.15, 0.2) is 6.10 Å². The lowest BCUT2D eigenvalue weighted by Gasteiger charge is -2.34. The van der Waals surface area contributed by atoms with Crippen molar-refractivity contribution < 1.29 is 22.7 Å². The lowest BCUT2D eigenvalue weighted by atomic mass is 10.2. The molecule has 0 bridgehead atoms. The third kappa shape index (κ3) is 5.13. The first-order valence-corrected chi connectivity index (χ1v) is 12.6. The Morgan fingerprint density at radius 1 is 1.12 bits per heavy atom. The fourth-order valence-corrected chi connectivity index (χ4v) is 5.17. The van der Waals surface area contributed by atoms with E-state index in [1.54, 1.807) is 60.7 Å². The molecule has 4 rings (SSSR count). The van der Waals surface area contributed by atoms with Gasteiger partial charge in [0.25, 0.3) is 15.9 Å². The Morgan fingerprint density at radius 2 is 1.85 bits per heavy atom. The van der Waals surface area contributed by atoms with E-state index in [1.165, 1.54) is 4.31 Å². The molecule has 3 aromatic carbocycles. The van der Waals surface area contributed by atoms with Crippen LogP contribution in [-0.4, -0.2) is 40.1 Å². The first-order chi connectivity index (χ1) is 16.3. The molecule has 9 heteroatoms. The molecule has 0 radical (unpaired) electrons. The van der Waals surface area contributed by atoms with Gasteiger partial charge in [-0.1, -0.05) is 47.5 Å². The summed E-state index contributed by atoms with van der Waals surface area (Å²) in [5.74, 6) is 0.502. The second-order valence-corrected chi connectivity index (χ2v) is 10.2. The number of carbonyl (C=O) groups is 1. The van der Waals surface area contributed by atoms with E-state index in [-0.39, 0.29) is 24.6 Å². The van der Waals surface area contributed by atoms with Gasteiger partial charge in [-0.15, -0.1) is 0 Å². The monoisotopic (exact) mass is 500 g/mol. The number of carbonyl (C=O) groups excluding carboxylic acids is 1. The number of hydrogen-bond donors (Lipinski definition) is 1. The van der Waals surface area contributed by atoms with Gasteiger partial charge < -0.3 is 14.8 Å². The first-order valence-electron chi connectivity index (χ1n) is 10.8. The Balaban J connectivity index is 1.45. The fraction of sp³-hybridized carbons (Fsp3) is 0.240. The SMILES string of the molecule is Cc1ccc(S(=O)(=O)N2CC(C(=O)NCCOc3ccc(C)c(Cl)c3)Oc3ccccc32)cc1. The van der Waals surface area contributed by atoms with Crippen molar-refractivity contribution in [2.75, 3.05) is 24.0 Å². The summed E-state index contributed by atoms with van der Waals surface area (Å²) in [7, 11) is -3.89. The molecule has 1 amide bonds.